The molecule has 1 amide bonds. The van der Waals surface area contributed by atoms with E-state index in [4.69, 9.17) is 25.8 Å². The largest absolute Gasteiger partial charge is 0.496 e. The van der Waals surface area contributed by atoms with Crippen molar-refractivity contribution in [2.24, 2.45) is 0 Å². The van der Waals surface area contributed by atoms with Gasteiger partial charge in [0.15, 0.2) is 0 Å². The topological polar surface area (TPSA) is 48.0 Å². The Bertz CT molecular complexity index is 751. The van der Waals surface area contributed by atoms with Gasteiger partial charge in [0, 0.05) is 35.3 Å². The van der Waals surface area contributed by atoms with E-state index >= 15 is 0 Å². The van der Waals surface area contributed by atoms with Gasteiger partial charge in [0.1, 0.15) is 17.2 Å². The maximum absolute atomic E-state index is 12.8. The molecule has 0 saturated heterocycles. The molecule has 2 aromatic rings. The SMILES string of the molecule is COc1ccc(Cl)cc1CN(C)C(=O)c1cc(OC)c(C)c(OC)c1. The Balaban J connectivity index is 2.30. The molecular formula is C19H22ClNO4. The highest BCUT2D eigenvalue weighted by atomic mass is 35.5. The van der Waals surface area contributed by atoms with E-state index in [-0.39, 0.29) is 5.91 Å². The van der Waals surface area contributed by atoms with Crippen molar-refractivity contribution in [2.45, 2.75) is 13.5 Å². The maximum atomic E-state index is 12.8. The summed E-state index contributed by atoms with van der Waals surface area (Å²) in [5.74, 6) is 1.75. The smallest absolute Gasteiger partial charge is 0.254 e. The van der Waals surface area contributed by atoms with Gasteiger partial charge < -0.3 is 19.1 Å². The summed E-state index contributed by atoms with van der Waals surface area (Å²) in [5, 5.41) is 0.593. The van der Waals surface area contributed by atoms with Crippen LogP contribution < -0.4 is 14.2 Å². The highest BCUT2D eigenvalue weighted by molar-refractivity contribution is 6.30. The highest BCUT2D eigenvalue weighted by Gasteiger charge is 2.18. The number of methoxy groups -OCH3 is 3. The number of hydrogen-bond acceptors (Lipinski definition) is 4. The molecule has 0 heterocycles. The Labute approximate surface area is 153 Å². The number of amides is 1. The molecule has 0 aliphatic rings. The number of nitrogens with zero attached hydrogens (tertiary/aromatic N) is 1. The van der Waals surface area contributed by atoms with E-state index in [1.165, 1.54) is 0 Å². The first-order valence-electron chi connectivity index (χ1n) is 7.71. The monoisotopic (exact) mass is 363 g/mol. The van der Waals surface area contributed by atoms with E-state index < -0.39 is 0 Å². The third kappa shape index (κ3) is 4.17. The average Bonchev–Trinajstić information content (AvgIpc) is 2.61. The standard InChI is InChI=1S/C19H22ClNO4/c1-12-17(24-4)9-13(10-18(12)25-5)19(22)21(2)11-14-8-15(20)6-7-16(14)23-3/h6-10H,11H2,1-5H3. The van der Waals surface area contributed by atoms with Gasteiger partial charge in [-0.2, -0.15) is 0 Å². The van der Waals surface area contributed by atoms with Crippen LogP contribution in [0.5, 0.6) is 17.2 Å². The first kappa shape index (κ1) is 18.9. The minimum absolute atomic E-state index is 0.154. The van der Waals surface area contributed by atoms with E-state index in [2.05, 4.69) is 0 Å². The van der Waals surface area contributed by atoms with E-state index in [9.17, 15) is 4.79 Å². The van der Waals surface area contributed by atoms with Crippen molar-refractivity contribution >= 4 is 17.5 Å². The quantitative estimate of drug-likeness (QED) is 0.779. The molecule has 0 aliphatic heterocycles. The van der Waals surface area contributed by atoms with Crippen LogP contribution >= 0.6 is 11.6 Å². The van der Waals surface area contributed by atoms with E-state index in [1.807, 2.05) is 6.92 Å². The fourth-order valence-corrected chi connectivity index (χ4v) is 2.82. The van der Waals surface area contributed by atoms with E-state index in [0.29, 0.717) is 34.4 Å². The van der Waals surface area contributed by atoms with Crippen LogP contribution in [0.2, 0.25) is 5.02 Å². The molecule has 0 bridgehead atoms. The Hall–Kier alpha value is -2.40. The zero-order valence-corrected chi connectivity index (χ0v) is 15.8. The lowest BCUT2D eigenvalue weighted by Gasteiger charge is -2.20. The molecule has 0 fully saturated rings. The fraction of sp³-hybridized carbons (Fsp3) is 0.316. The molecule has 0 unspecified atom stereocenters. The first-order chi connectivity index (χ1) is 11.9. The Morgan fingerprint density at radius 2 is 1.56 bits per heavy atom. The third-order valence-electron chi connectivity index (χ3n) is 4.00. The number of benzene rings is 2. The summed E-state index contributed by atoms with van der Waals surface area (Å²) < 4.78 is 16.0. The number of halogens is 1. The van der Waals surface area contributed by atoms with Gasteiger partial charge in [-0.1, -0.05) is 11.6 Å². The molecule has 0 aromatic heterocycles. The van der Waals surface area contributed by atoms with Crippen LogP contribution in [0.15, 0.2) is 30.3 Å². The van der Waals surface area contributed by atoms with Gasteiger partial charge in [0.2, 0.25) is 0 Å². The number of rotatable bonds is 6. The van der Waals surface area contributed by atoms with Crippen LogP contribution in [0.4, 0.5) is 0 Å². The van der Waals surface area contributed by atoms with E-state index in [1.54, 1.807) is 63.6 Å². The molecule has 0 N–H and O–H groups in total. The van der Waals surface area contributed by atoms with E-state index in [0.717, 1.165) is 11.1 Å². The number of carbonyl (C=O) groups excluding carboxylic acids is 1. The predicted octanol–water partition coefficient (Wildman–Crippen LogP) is 3.95. The number of hydrogen-bond donors (Lipinski definition) is 0. The fourth-order valence-electron chi connectivity index (χ4n) is 2.63. The third-order valence-corrected chi connectivity index (χ3v) is 4.23. The lowest BCUT2D eigenvalue weighted by atomic mass is 10.1. The van der Waals surface area contributed by atoms with Crippen molar-refractivity contribution < 1.29 is 19.0 Å². The summed E-state index contributed by atoms with van der Waals surface area (Å²) in [4.78, 5) is 14.4. The number of ether oxygens (including phenoxy) is 3. The van der Waals surface area contributed by atoms with Crippen molar-refractivity contribution in [3.63, 3.8) is 0 Å². The maximum Gasteiger partial charge on any atom is 0.254 e. The Morgan fingerprint density at radius 3 is 2.08 bits per heavy atom. The van der Waals surface area contributed by atoms with Crippen molar-refractivity contribution in [3.05, 3.63) is 52.0 Å². The molecule has 0 atom stereocenters. The Kier molecular flexibility index (Phi) is 6.15. The second-order valence-electron chi connectivity index (χ2n) is 5.62. The average molecular weight is 364 g/mol. The molecule has 0 radical (unpaired) electrons. The summed E-state index contributed by atoms with van der Waals surface area (Å²) in [6.45, 7) is 2.24. The molecule has 6 heteroatoms. The zero-order chi connectivity index (χ0) is 18.6. The summed E-state index contributed by atoms with van der Waals surface area (Å²) in [5.41, 5.74) is 2.17. The van der Waals surface area contributed by atoms with Gasteiger partial charge in [-0.3, -0.25) is 4.79 Å². The predicted molar refractivity (Wildman–Crippen MR) is 98.1 cm³/mol. The second kappa shape index (κ2) is 8.12. The summed E-state index contributed by atoms with van der Waals surface area (Å²) in [6.07, 6.45) is 0. The summed E-state index contributed by atoms with van der Waals surface area (Å²) in [7, 11) is 6.44. The van der Waals surface area contributed by atoms with Crippen LogP contribution in [0.3, 0.4) is 0 Å². The van der Waals surface area contributed by atoms with Gasteiger partial charge in [0.05, 0.1) is 21.3 Å². The van der Waals surface area contributed by atoms with Crippen molar-refractivity contribution in [1.29, 1.82) is 0 Å². The minimum Gasteiger partial charge on any atom is -0.496 e. The van der Waals surface area contributed by atoms with Crippen LogP contribution in [0.25, 0.3) is 0 Å². The number of carbonyl (C=O) groups is 1. The molecule has 25 heavy (non-hydrogen) atoms. The van der Waals surface area contributed by atoms with Gasteiger partial charge in [-0.15, -0.1) is 0 Å². The van der Waals surface area contributed by atoms with Crippen molar-refractivity contribution in [2.75, 3.05) is 28.4 Å². The summed E-state index contributed by atoms with van der Waals surface area (Å²) >= 11 is 6.06. The first-order valence-corrected chi connectivity index (χ1v) is 8.09. The molecular weight excluding hydrogens is 342 g/mol. The minimum atomic E-state index is -0.154. The van der Waals surface area contributed by atoms with Crippen molar-refractivity contribution in [1.82, 2.24) is 4.90 Å². The molecule has 134 valence electrons. The molecule has 5 nitrogen and oxygen atoms in total. The van der Waals surface area contributed by atoms with Gasteiger partial charge in [0.25, 0.3) is 5.91 Å². The van der Waals surface area contributed by atoms with Gasteiger partial charge in [-0.05, 0) is 37.3 Å². The summed E-state index contributed by atoms with van der Waals surface area (Å²) in [6, 6.07) is 8.76. The van der Waals surface area contributed by atoms with Crippen molar-refractivity contribution in [3.8, 4) is 17.2 Å². The molecule has 0 spiro atoms. The lowest BCUT2D eigenvalue weighted by molar-refractivity contribution is 0.0783. The Morgan fingerprint density at radius 1 is 1.00 bits per heavy atom. The van der Waals surface area contributed by atoms with Crippen LogP contribution in [-0.2, 0) is 6.54 Å². The molecule has 0 saturated carbocycles. The zero-order valence-electron chi connectivity index (χ0n) is 15.1. The highest BCUT2D eigenvalue weighted by Crippen LogP contribution is 2.30. The van der Waals surface area contributed by atoms with Crippen LogP contribution in [0.1, 0.15) is 21.5 Å². The lowest BCUT2D eigenvalue weighted by Crippen LogP contribution is -2.26. The second-order valence-corrected chi connectivity index (χ2v) is 6.06. The molecule has 2 rings (SSSR count). The molecule has 2 aromatic carbocycles. The van der Waals surface area contributed by atoms with Gasteiger partial charge in [-0.25, -0.2) is 0 Å². The van der Waals surface area contributed by atoms with Crippen LogP contribution in [0, 0.1) is 6.92 Å². The van der Waals surface area contributed by atoms with Crippen LogP contribution in [-0.4, -0.2) is 39.2 Å². The van der Waals surface area contributed by atoms with Gasteiger partial charge >= 0.3 is 0 Å². The normalized spacial score (nSPS) is 10.3. The molecule has 0 aliphatic carbocycles.